The van der Waals surface area contributed by atoms with Crippen molar-refractivity contribution in [1.82, 2.24) is 0 Å². The molecule has 2 aromatic carbocycles. The SMILES string of the molecule is O=S(=O)(Nc1cccc(Br)c1)c1ccccc1CO. The van der Waals surface area contributed by atoms with E-state index < -0.39 is 10.0 Å². The number of aliphatic hydroxyl groups is 1. The van der Waals surface area contributed by atoms with Crippen LogP contribution in [0.2, 0.25) is 0 Å². The van der Waals surface area contributed by atoms with Crippen LogP contribution in [0.25, 0.3) is 0 Å². The first-order valence-electron chi connectivity index (χ1n) is 5.50. The van der Waals surface area contributed by atoms with Crippen molar-refractivity contribution in [2.45, 2.75) is 11.5 Å². The van der Waals surface area contributed by atoms with E-state index in [0.29, 0.717) is 11.3 Å². The molecule has 0 aliphatic rings. The van der Waals surface area contributed by atoms with Gasteiger partial charge >= 0.3 is 0 Å². The molecule has 0 fully saturated rings. The van der Waals surface area contributed by atoms with Gasteiger partial charge in [0.1, 0.15) is 0 Å². The van der Waals surface area contributed by atoms with E-state index >= 15 is 0 Å². The topological polar surface area (TPSA) is 66.4 Å². The molecule has 19 heavy (non-hydrogen) atoms. The van der Waals surface area contributed by atoms with Gasteiger partial charge in [-0.15, -0.1) is 0 Å². The molecule has 0 bridgehead atoms. The van der Waals surface area contributed by atoms with Gasteiger partial charge in [0.15, 0.2) is 0 Å². The minimum absolute atomic E-state index is 0.0810. The number of benzene rings is 2. The summed E-state index contributed by atoms with van der Waals surface area (Å²) in [5.41, 5.74) is 0.826. The molecule has 6 heteroatoms. The van der Waals surface area contributed by atoms with Gasteiger partial charge in [-0.3, -0.25) is 4.72 Å². The largest absolute Gasteiger partial charge is 0.392 e. The zero-order valence-electron chi connectivity index (χ0n) is 9.88. The predicted octanol–water partition coefficient (Wildman–Crippen LogP) is 2.74. The van der Waals surface area contributed by atoms with Crippen LogP contribution in [0.4, 0.5) is 5.69 Å². The minimum Gasteiger partial charge on any atom is -0.392 e. The van der Waals surface area contributed by atoms with Crippen molar-refractivity contribution in [1.29, 1.82) is 0 Å². The van der Waals surface area contributed by atoms with Crippen molar-refractivity contribution in [2.24, 2.45) is 0 Å². The van der Waals surface area contributed by atoms with Gasteiger partial charge < -0.3 is 5.11 Å². The summed E-state index contributed by atoms with van der Waals surface area (Å²) < 4.78 is 27.8. The number of hydrogen-bond acceptors (Lipinski definition) is 3. The van der Waals surface area contributed by atoms with Crippen LogP contribution < -0.4 is 4.72 Å². The summed E-state index contributed by atoms with van der Waals surface area (Å²) in [4.78, 5) is 0.0810. The Labute approximate surface area is 120 Å². The third kappa shape index (κ3) is 3.34. The van der Waals surface area contributed by atoms with Crippen LogP contribution >= 0.6 is 15.9 Å². The molecule has 2 aromatic rings. The molecule has 2 rings (SSSR count). The Hall–Kier alpha value is -1.37. The van der Waals surface area contributed by atoms with Gasteiger partial charge in [-0.1, -0.05) is 40.2 Å². The summed E-state index contributed by atoms with van der Waals surface area (Å²) in [5, 5.41) is 9.19. The Bertz CT molecular complexity index is 686. The van der Waals surface area contributed by atoms with E-state index in [1.807, 2.05) is 0 Å². The first-order chi connectivity index (χ1) is 9.03. The van der Waals surface area contributed by atoms with E-state index in [-0.39, 0.29) is 11.5 Å². The van der Waals surface area contributed by atoms with E-state index in [0.717, 1.165) is 4.47 Å². The molecule has 0 saturated carbocycles. The molecule has 0 amide bonds. The van der Waals surface area contributed by atoms with Crippen LogP contribution in [0.1, 0.15) is 5.56 Å². The normalized spacial score (nSPS) is 11.3. The van der Waals surface area contributed by atoms with Crippen LogP contribution in [0.5, 0.6) is 0 Å². The summed E-state index contributed by atoms with van der Waals surface area (Å²) >= 11 is 3.28. The molecule has 0 heterocycles. The molecule has 4 nitrogen and oxygen atoms in total. The fourth-order valence-corrected chi connectivity index (χ4v) is 3.34. The molecular weight excluding hydrogens is 330 g/mol. The van der Waals surface area contributed by atoms with Gasteiger partial charge in [-0.2, -0.15) is 0 Å². The fourth-order valence-electron chi connectivity index (χ4n) is 1.66. The van der Waals surface area contributed by atoms with Gasteiger partial charge in [0.05, 0.1) is 11.5 Å². The predicted molar refractivity (Wildman–Crippen MR) is 77.3 cm³/mol. The van der Waals surface area contributed by atoms with Crippen LogP contribution in [0.15, 0.2) is 57.9 Å². The zero-order chi connectivity index (χ0) is 13.9. The number of sulfonamides is 1. The first-order valence-corrected chi connectivity index (χ1v) is 7.78. The second kappa shape index (κ2) is 5.73. The third-order valence-corrected chi connectivity index (χ3v) is 4.48. The lowest BCUT2D eigenvalue weighted by molar-refractivity contribution is 0.278. The number of anilines is 1. The van der Waals surface area contributed by atoms with Crippen LogP contribution in [0, 0.1) is 0 Å². The molecule has 0 aliphatic heterocycles. The highest BCUT2D eigenvalue weighted by Gasteiger charge is 2.17. The summed E-state index contributed by atoms with van der Waals surface area (Å²) in [7, 11) is -3.70. The Morgan fingerprint density at radius 2 is 1.84 bits per heavy atom. The average molecular weight is 342 g/mol. The summed E-state index contributed by atoms with van der Waals surface area (Å²) in [6.07, 6.45) is 0. The lowest BCUT2D eigenvalue weighted by Gasteiger charge is -2.11. The van der Waals surface area contributed by atoms with E-state index in [2.05, 4.69) is 20.7 Å². The summed E-state index contributed by atoms with van der Waals surface area (Å²) in [6, 6.07) is 13.2. The number of aliphatic hydroxyl groups excluding tert-OH is 1. The van der Waals surface area contributed by atoms with Crippen molar-refractivity contribution in [3.8, 4) is 0 Å². The van der Waals surface area contributed by atoms with Gasteiger partial charge in [-0.05, 0) is 29.8 Å². The number of nitrogens with one attached hydrogen (secondary N) is 1. The lowest BCUT2D eigenvalue weighted by Crippen LogP contribution is -2.15. The van der Waals surface area contributed by atoms with E-state index in [4.69, 9.17) is 0 Å². The molecule has 0 atom stereocenters. The maximum absolute atomic E-state index is 12.3. The van der Waals surface area contributed by atoms with Gasteiger partial charge in [-0.25, -0.2) is 8.42 Å². The highest BCUT2D eigenvalue weighted by Crippen LogP contribution is 2.21. The zero-order valence-corrected chi connectivity index (χ0v) is 12.3. The quantitative estimate of drug-likeness (QED) is 0.898. The molecule has 0 radical (unpaired) electrons. The van der Waals surface area contributed by atoms with Crippen molar-refractivity contribution in [3.63, 3.8) is 0 Å². The monoisotopic (exact) mass is 341 g/mol. The Morgan fingerprint density at radius 3 is 2.53 bits per heavy atom. The Morgan fingerprint density at radius 1 is 1.11 bits per heavy atom. The maximum atomic E-state index is 12.3. The fraction of sp³-hybridized carbons (Fsp3) is 0.0769. The molecule has 0 unspecified atom stereocenters. The summed E-state index contributed by atoms with van der Waals surface area (Å²) in [6.45, 7) is -0.324. The summed E-state index contributed by atoms with van der Waals surface area (Å²) in [5.74, 6) is 0. The Balaban J connectivity index is 2.38. The number of hydrogen-bond donors (Lipinski definition) is 2. The second-order valence-electron chi connectivity index (χ2n) is 3.88. The van der Waals surface area contributed by atoms with Gasteiger partial charge in [0, 0.05) is 10.2 Å². The standard InChI is InChI=1S/C13H12BrNO3S/c14-11-5-3-6-12(8-11)15-19(17,18)13-7-2-1-4-10(13)9-16/h1-8,15-16H,9H2. The van der Waals surface area contributed by atoms with Gasteiger partial charge in [0.25, 0.3) is 10.0 Å². The van der Waals surface area contributed by atoms with Crippen molar-refractivity contribution < 1.29 is 13.5 Å². The average Bonchev–Trinajstić information content (AvgIpc) is 2.38. The van der Waals surface area contributed by atoms with Crippen LogP contribution in [-0.4, -0.2) is 13.5 Å². The van der Waals surface area contributed by atoms with E-state index in [1.165, 1.54) is 6.07 Å². The Kier molecular flexibility index (Phi) is 4.24. The third-order valence-electron chi connectivity index (χ3n) is 2.51. The molecule has 2 N–H and O–H groups in total. The molecule has 0 spiro atoms. The molecule has 100 valence electrons. The molecular formula is C13H12BrNO3S. The van der Waals surface area contributed by atoms with E-state index in [9.17, 15) is 13.5 Å². The van der Waals surface area contributed by atoms with E-state index in [1.54, 1.807) is 42.5 Å². The number of halogens is 1. The van der Waals surface area contributed by atoms with Crippen molar-refractivity contribution in [2.75, 3.05) is 4.72 Å². The van der Waals surface area contributed by atoms with Crippen molar-refractivity contribution >= 4 is 31.6 Å². The minimum atomic E-state index is -3.70. The van der Waals surface area contributed by atoms with Crippen molar-refractivity contribution in [3.05, 3.63) is 58.6 Å². The number of rotatable bonds is 4. The lowest BCUT2D eigenvalue weighted by atomic mass is 10.2. The van der Waals surface area contributed by atoms with Crippen LogP contribution in [-0.2, 0) is 16.6 Å². The first kappa shape index (κ1) is 14.0. The molecule has 0 saturated heterocycles. The maximum Gasteiger partial charge on any atom is 0.262 e. The van der Waals surface area contributed by atoms with Crippen LogP contribution in [0.3, 0.4) is 0 Å². The molecule has 0 aromatic heterocycles. The van der Waals surface area contributed by atoms with Gasteiger partial charge in [0.2, 0.25) is 0 Å². The smallest absolute Gasteiger partial charge is 0.262 e. The highest BCUT2D eigenvalue weighted by atomic mass is 79.9. The second-order valence-corrected chi connectivity index (χ2v) is 6.45. The highest BCUT2D eigenvalue weighted by molar-refractivity contribution is 9.10. The molecule has 0 aliphatic carbocycles.